The first-order valence-electron chi connectivity index (χ1n) is 6.92. The lowest BCUT2D eigenvalue weighted by atomic mass is 10.1. The van der Waals surface area contributed by atoms with Crippen molar-refractivity contribution in [2.24, 2.45) is 0 Å². The van der Waals surface area contributed by atoms with E-state index in [9.17, 15) is 5.26 Å². The Morgan fingerprint density at radius 3 is 2.50 bits per heavy atom. The topological polar surface area (TPSA) is 33.0 Å². The van der Waals surface area contributed by atoms with E-state index in [1.807, 2.05) is 35.7 Å². The maximum atomic E-state index is 9.52. The van der Waals surface area contributed by atoms with E-state index >= 15 is 0 Å². The Bertz CT molecular complexity index is 916. The van der Waals surface area contributed by atoms with Crippen LogP contribution in [0.15, 0.2) is 47.8 Å². The van der Waals surface area contributed by atoms with E-state index in [0.717, 1.165) is 16.7 Å². The van der Waals surface area contributed by atoms with Crippen LogP contribution in [0.5, 0.6) is 5.06 Å². The zero-order valence-corrected chi connectivity index (χ0v) is 16.7. The summed E-state index contributed by atoms with van der Waals surface area (Å²) in [6.07, 6.45) is 0. The van der Waals surface area contributed by atoms with Gasteiger partial charge in [-0.15, -0.1) is 11.3 Å². The van der Waals surface area contributed by atoms with E-state index in [1.54, 1.807) is 12.1 Å². The second-order valence-corrected chi connectivity index (χ2v) is 7.87. The van der Waals surface area contributed by atoms with Crippen LogP contribution in [0.4, 0.5) is 0 Å². The molecule has 0 fully saturated rings. The lowest BCUT2D eigenvalue weighted by Crippen LogP contribution is -1.95. The van der Waals surface area contributed by atoms with Crippen LogP contribution in [-0.2, 0) is 6.61 Å². The van der Waals surface area contributed by atoms with Crippen LogP contribution in [0.1, 0.15) is 11.1 Å². The average Bonchev–Trinajstić information content (AvgIpc) is 3.00. The van der Waals surface area contributed by atoms with Crippen molar-refractivity contribution in [1.82, 2.24) is 0 Å². The third kappa shape index (κ3) is 3.86. The quantitative estimate of drug-likeness (QED) is 0.381. The molecule has 0 radical (unpaired) electrons. The molecule has 0 bridgehead atoms. The van der Waals surface area contributed by atoms with Gasteiger partial charge in [0.25, 0.3) is 0 Å². The number of ether oxygens (including phenoxy) is 1. The summed E-state index contributed by atoms with van der Waals surface area (Å²) < 4.78 is 7.02. The van der Waals surface area contributed by atoms with E-state index in [4.69, 9.17) is 27.9 Å². The molecule has 3 rings (SSSR count). The summed E-state index contributed by atoms with van der Waals surface area (Å²) in [5.74, 6) is 0. The smallest absolute Gasteiger partial charge is 0.192 e. The van der Waals surface area contributed by atoms with Crippen molar-refractivity contribution in [3.63, 3.8) is 0 Å². The number of hydrogen-bond donors (Lipinski definition) is 0. The number of benzene rings is 2. The molecular formula is C18H10Cl2INOS. The molecular weight excluding hydrogens is 476 g/mol. The SMILES string of the molecule is N#Cc1c(-c2ccc(Cl)c(Cl)c2)csc1OCc1ccc(I)cc1. The van der Waals surface area contributed by atoms with Gasteiger partial charge >= 0.3 is 0 Å². The second kappa shape index (κ2) is 7.75. The van der Waals surface area contributed by atoms with Crippen LogP contribution in [0.2, 0.25) is 10.0 Å². The molecule has 0 aliphatic carbocycles. The van der Waals surface area contributed by atoms with Gasteiger partial charge in [-0.1, -0.05) is 41.4 Å². The Morgan fingerprint density at radius 2 is 1.83 bits per heavy atom. The van der Waals surface area contributed by atoms with Crippen molar-refractivity contribution < 1.29 is 4.74 Å². The number of rotatable bonds is 4. The van der Waals surface area contributed by atoms with Crippen LogP contribution in [0.3, 0.4) is 0 Å². The summed E-state index contributed by atoms with van der Waals surface area (Å²) >= 11 is 15.7. The van der Waals surface area contributed by atoms with Gasteiger partial charge in [-0.2, -0.15) is 5.26 Å². The van der Waals surface area contributed by atoms with Crippen molar-refractivity contribution >= 4 is 57.1 Å². The Morgan fingerprint density at radius 1 is 1.08 bits per heavy atom. The van der Waals surface area contributed by atoms with Crippen molar-refractivity contribution in [2.45, 2.75) is 6.61 Å². The van der Waals surface area contributed by atoms with Gasteiger partial charge in [0, 0.05) is 14.5 Å². The molecule has 1 aromatic heterocycles. The summed E-state index contributed by atoms with van der Waals surface area (Å²) in [5, 5.41) is 13.0. The van der Waals surface area contributed by atoms with Crippen LogP contribution in [0, 0.1) is 14.9 Å². The molecule has 120 valence electrons. The third-order valence-corrected chi connectivity index (χ3v) is 5.73. The number of thiophene rings is 1. The lowest BCUT2D eigenvalue weighted by molar-refractivity contribution is 0.315. The standard InChI is InChI=1S/C18H10Cl2INOS/c19-16-6-3-12(7-17(16)20)15-10-24-18(14(15)8-22)23-9-11-1-4-13(21)5-2-11/h1-7,10H,9H2. The highest BCUT2D eigenvalue weighted by molar-refractivity contribution is 14.1. The third-order valence-electron chi connectivity index (χ3n) is 3.38. The first-order valence-corrected chi connectivity index (χ1v) is 9.64. The fourth-order valence-corrected chi connectivity index (χ4v) is 3.69. The van der Waals surface area contributed by atoms with Gasteiger partial charge in [0.05, 0.1) is 10.0 Å². The minimum atomic E-state index is 0.424. The molecule has 0 aliphatic rings. The van der Waals surface area contributed by atoms with Gasteiger partial charge in [-0.05, 0) is 58.0 Å². The highest BCUT2D eigenvalue weighted by Gasteiger charge is 2.15. The van der Waals surface area contributed by atoms with Crippen molar-refractivity contribution in [1.29, 1.82) is 5.26 Å². The number of halogens is 3. The second-order valence-electron chi connectivity index (χ2n) is 4.97. The first kappa shape index (κ1) is 17.6. The normalized spacial score (nSPS) is 10.4. The maximum Gasteiger partial charge on any atom is 0.192 e. The monoisotopic (exact) mass is 485 g/mol. The van der Waals surface area contributed by atoms with Crippen molar-refractivity contribution in [3.8, 4) is 22.3 Å². The van der Waals surface area contributed by atoms with E-state index in [-0.39, 0.29) is 0 Å². The summed E-state index contributed by atoms with van der Waals surface area (Å²) in [5.41, 5.74) is 3.23. The van der Waals surface area contributed by atoms with Crippen molar-refractivity contribution in [3.05, 3.63) is 72.6 Å². The predicted octanol–water partition coefficient (Wildman–Crippen LogP) is 6.78. The van der Waals surface area contributed by atoms with Crippen LogP contribution >= 0.6 is 57.1 Å². The summed E-state index contributed by atoms with van der Waals surface area (Å²) in [4.78, 5) is 0. The average molecular weight is 486 g/mol. The van der Waals surface area contributed by atoms with Crippen molar-refractivity contribution in [2.75, 3.05) is 0 Å². The molecule has 0 unspecified atom stereocenters. The molecule has 0 N–H and O–H groups in total. The van der Waals surface area contributed by atoms with Gasteiger partial charge in [0.2, 0.25) is 0 Å². The molecule has 6 heteroatoms. The molecule has 0 spiro atoms. The zero-order chi connectivity index (χ0) is 17.1. The molecule has 0 saturated heterocycles. The molecule has 2 aromatic carbocycles. The largest absolute Gasteiger partial charge is 0.478 e. The molecule has 1 heterocycles. The summed E-state index contributed by atoms with van der Waals surface area (Å²) in [7, 11) is 0. The van der Waals surface area contributed by atoms with Gasteiger partial charge in [-0.3, -0.25) is 0 Å². The van der Waals surface area contributed by atoms with Gasteiger partial charge in [0.1, 0.15) is 18.2 Å². The van der Waals surface area contributed by atoms with Gasteiger partial charge < -0.3 is 4.74 Å². The van der Waals surface area contributed by atoms with E-state index in [0.29, 0.717) is 27.3 Å². The molecule has 0 saturated carbocycles. The molecule has 24 heavy (non-hydrogen) atoms. The van der Waals surface area contributed by atoms with Gasteiger partial charge in [-0.25, -0.2) is 0 Å². The Kier molecular flexibility index (Phi) is 5.67. The highest BCUT2D eigenvalue weighted by atomic mass is 127. The van der Waals surface area contributed by atoms with Crippen LogP contribution in [0.25, 0.3) is 11.1 Å². The summed E-state index contributed by atoms with van der Waals surface area (Å²) in [6, 6.07) is 15.6. The van der Waals surface area contributed by atoms with E-state index in [1.165, 1.54) is 14.9 Å². The maximum absolute atomic E-state index is 9.52. The van der Waals surface area contributed by atoms with Crippen LogP contribution in [-0.4, -0.2) is 0 Å². The Hall–Kier alpha value is -1.26. The molecule has 3 aromatic rings. The predicted molar refractivity (Wildman–Crippen MR) is 108 cm³/mol. The highest BCUT2D eigenvalue weighted by Crippen LogP contribution is 2.38. The van der Waals surface area contributed by atoms with Crippen LogP contribution < -0.4 is 4.74 Å². The zero-order valence-electron chi connectivity index (χ0n) is 12.2. The number of nitrogens with zero attached hydrogens (tertiary/aromatic N) is 1. The molecule has 2 nitrogen and oxygen atoms in total. The Balaban J connectivity index is 1.85. The van der Waals surface area contributed by atoms with Gasteiger partial charge in [0.15, 0.2) is 5.06 Å². The fourth-order valence-electron chi connectivity index (χ4n) is 2.16. The fraction of sp³-hybridized carbons (Fsp3) is 0.0556. The molecule has 0 amide bonds. The van der Waals surface area contributed by atoms with E-state index in [2.05, 4.69) is 28.7 Å². The van der Waals surface area contributed by atoms with E-state index < -0.39 is 0 Å². The number of nitriles is 1. The lowest BCUT2D eigenvalue weighted by Gasteiger charge is -2.06. The minimum Gasteiger partial charge on any atom is -0.478 e. The first-order chi connectivity index (χ1) is 11.6. The Labute approximate surface area is 167 Å². The molecule has 0 atom stereocenters. The molecule has 0 aliphatic heterocycles. The minimum absolute atomic E-state index is 0.424. The summed E-state index contributed by atoms with van der Waals surface area (Å²) in [6.45, 7) is 0.424. The number of hydrogen-bond acceptors (Lipinski definition) is 3.